The zero-order valence-corrected chi connectivity index (χ0v) is 16.0. The Morgan fingerprint density at radius 1 is 1.07 bits per heavy atom. The summed E-state index contributed by atoms with van der Waals surface area (Å²) in [7, 11) is 0. The first-order valence-electron chi connectivity index (χ1n) is 10.4. The lowest BCUT2D eigenvalue weighted by Gasteiger charge is -2.34. The van der Waals surface area contributed by atoms with Crippen LogP contribution in [0.3, 0.4) is 0 Å². The average molecular weight is 372 g/mol. The number of amides is 2. The number of fused-ring (bicyclic) bond motifs is 2. The summed E-state index contributed by atoms with van der Waals surface area (Å²) < 4.78 is 13.0. The molecule has 3 fully saturated rings. The van der Waals surface area contributed by atoms with Gasteiger partial charge in [0.15, 0.2) is 0 Å². The Kier molecular flexibility index (Phi) is 5.20. The fraction of sp³-hybridized carbons (Fsp3) is 0.636. The molecule has 146 valence electrons. The summed E-state index contributed by atoms with van der Waals surface area (Å²) in [5.74, 6) is 2.06. The van der Waals surface area contributed by atoms with E-state index >= 15 is 0 Å². The minimum Gasteiger partial charge on any atom is -0.353 e. The highest BCUT2D eigenvalue weighted by Crippen LogP contribution is 2.49. The molecule has 2 saturated carbocycles. The lowest BCUT2D eigenvalue weighted by atomic mass is 9.83. The fourth-order valence-corrected chi connectivity index (χ4v) is 5.48. The number of carbonyl (C=O) groups excluding carboxylic acids is 2. The number of hydrogen-bond donors (Lipinski definition) is 1. The highest BCUT2D eigenvalue weighted by atomic mass is 19.1. The van der Waals surface area contributed by atoms with Gasteiger partial charge in [-0.05, 0) is 81.0 Å². The predicted molar refractivity (Wildman–Crippen MR) is 102 cm³/mol. The van der Waals surface area contributed by atoms with Gasteiger partial charge in [-0.25, -0.2) is 4.39 Å². The van der Waals surface area contributed by atoms with Crippen LogP contribution in [0.4, 0.5) is 4.39 Å². The first kappa shape index (κ1) is 18.5. The second-order valence-electron chi connectivity index (χ2n) is 8.71. The molecule has 1 aliphatic heterocycles. The van der Waals surface area contributed by atoms with Crippen LogP contribution in [0.5, 0.6) is 0 Å². The predicted octanol–water partition coefficient (Wildman–Crippen LogP) is 3.62. The maximum atomic E-state index is 13.0. The molecule has 1 heterocycles. The Morgan fingerprint density at radius 3 is 2.37 bits per heavy atom. The Labute approximate surface area is 160 Å². The minimum atomic E-state index is -0.341. The molecule has 3 aliphatic rings. The van der Waals surface area contributed by atoms with Crippen molar-refractivity contribution in [2.24, 2.45) is 23.7 Å². The van der Waals surface area contributed by atoms with Gasteiger partial charge in [0.05, 0.1) is 0 Å². The molecule has 1 aromatic rings. The van der Waals surface area contributed by atoms with Crippen LogP contribution in [0.15, 0.2) is 24.3 Å². The van der Waals surface area contributed by atoms with Crippen LogP contribution < -0.4 is 5.32 Å². The van der Waals surface area contributed by atoms with Crippen molar-refractivity contribution in [2.45, 2.75) is 51.5 Å². The quantitative estimate of drug-likeness (QED) is 0.878. The van der Waals surface area contributed by atoms with E-state index in [0.29, 0.717) is 37.4 Å². The van der Waals surface area contributed by atoms with E-state index in [1.54, 1.807) is 4.90 Å². The molecule has 0 unspecified atom stereocenters. The van der Waals surface area contributed by atoms with Gasteiger partial charge < -0.3 is 10.2 Å². The van der Waals surface area contributed by atoms with Crippen LogP contribution in [0.1, 0.15) is 55.8 Å². The van der Waals surface area contributed by atoms with Crippen LogP contribution in [0.2, 0.25) is 0 Å². The van der Waals surface area contributed by atoms with Gasteiger partial charge in [-0.15, -0.1) is 0 Å². The van der Waals surface area contributed by atoms with Gasteiger partial charge in [-0.2, -0.15) is 0 Å². The fourth-order valence-electron chi connectivity index (χ4n) is 5.48. The monoisotopic (exact) mass is 372 g/mol. The van der Waals surface area contributed by atoms with Crippen molar-refractivity contribution in [3.8, 4) is 0 Å². The molecule has 4 rings (SSSR count). The third-order valence-corrected chi connectivity index (χ3v) is 7.05. The van der Waals surface area contributed by atoms with Gasteiger partial charge in [0.25, 0.3) is 5.91 Å². The molecule has 1 aromatic carbocycles. The van der Waals surface area contributed by atoms with Gasteiger partial charge >= 0.3 is 0 Å². The van der Waals surface area contributed by atoms with Gasteiger partial charge in [-0.1, -0.05) is 6.42 Å². The summed E-state index contributed by atoms with van der Waals surface area (Å²) in [5.41, 5.74) is 0.504. The van der Waals surface area contributed by atoms with E-state index in [2.05, 4.69) is 12.2 Å². The SMILES string of the molecule is C[C@@H](NC(=O)C1CCN(C(=O)c2ccc(F)cc2)CC1)[C@H]1C[C@H]2CC[C@H]1C2. The van der Waals surface area contributed by atoms with Crippen molar-refractivity contribution in [3.63, 3.8) is 0 Å². The maximum absolute atomic E-state index is 13.0. The summed E-state index contributed by atoms with van der Waals surface area (Å²) in [6, 6.07) is 5.92. The number of rotatable bonds is 4. The topological polar surface area (TPSA) is 49.4 Å². The zero-order valence-electron chi connectivity index (χ0n) is 16.0. The smallest absolute Gasteiger partial charge is 0.253 e. The van der Waals surface area contributed by atoms with E-state index in [1.807, 2.05) is 0 Å². The number of likely N-dealkylation sites (tertiary alicyclic amines) is 1. The average Bonchev–Trinajstić information content (AvgIpc) is 3.32. The Morgan fingerprint density at radius 2 is 1.78 bits per heavy atom. The molecule has 27 heavy (non-hydrogen) atoms. The highest BCUT2D eigenvalue weighted by molar-refractivity contribution is 5.94. The highest BCUT2D eigenvalue weighted by Gasteiger charge is 2.42. The Balaban J connectivity index is 1.26. The van der Waals surface area contributed by atoms with Crippen molar-refractivity contribution in [1.82, 2.24) is 10.2 Å². The largest absolute Gasteiger partial charge is 0.353 e. The Hall–Kier alpha value is -1.91. The number of carbonyl (C=O) groups is 2. The minimum absolute atomic E-state index is 0.0108. The molecule has 5 heteroatoms. The number of halogens is 1. The van der Waals surface area contributed by atoms with E-state index in [4.69, 9.17) is 0 Å². The molecule has 1 saturated heterocycles. The van der Waals surface area contributed by atoms with Crippen molar-refractivity contribution >= 4 is 11.8 Å². The Bertz CT molecular complexity index is 697. The molecular formula is C22H29FN2O2. The third kappa shape index (κ3) is 3.87. The van der Waals surface area contributed by atoms with Gasteiger partial charge in [0.1, 0.15) is 5.82 Å². The normalized spacial score (nSPS) is 29.0. The van der Waals surface area contributed by atoms with Gasteiger partial charge in [0, 0.05) is 30.6 Å². The first-order valence-corrected chi connectivity index (χ1v) is 10.4. The van der Waals surface area contributed by atoms with Crippen LogP contribution >= 0.6 is 0 Å². The van der Waals surface area contributed by atoms with Crippen LogP contribution in [-0.4, -0.2) is 35.8 Å². The summed E-state index contributed by atoms with van der Waals surface area (Å²) in [6.45, 7) is 3.32. The summed E-state index contributed by atoms with van der Waals surface area (Å²) >= 11 is 0. The molecule has 2 aliphatic carbocycles. The number of piperidine rings is 1. The lowest BCUT2D eigenvalue weighted by molar-refractivity contribution is -0.127. The summed E-state index contributed by atoms with van der Waals surface area (Å²) in [4.78, 5) is 27.0. The number of benzene rings is 1. The van der Waals surface area contributed by atoms with Gasteiger partial charge in [-0.3, -0.25) is 9.59 Å². The summed E-state index contributed by atoms with van der Waals surface area (Å²) in [6.07, 6.45) is 6.73. The van der Waals surface area contributed by atoms with Crippen molar-refractivity contribution in [3.05, 3.63) is 35.6 Å². The second-order valence-corrected chi connectivity index (χ2v) is 8.71. The van der Waals surface area contributed by atoms with Crippen molar-refractivity contribution in [1.29, 1.82) is 0 Å². The number of hydrogen-bond acceptors (Lipinski definition) is 2. The maximum Gasteiger partial charge on any atom is 0.253 e. The van der Waals surface area contributed by atoms with Crippen LogP contribution in [0.25, 0.3) is 0 Å². The summed E-state index contributed by atoms with van der Waals surface area (Å²) in [5, 5.41) is 3.27. The first-order chi connectivity index (χ1) is 13.0. The molecule has 4 atom stereocenters. The molecular weight excluding hydrogens is 343 g/mol. The second kappa shape index (κ2) is 7.61. The zero-order chi connectivity index (χ0) is 19.0. The lowest BCUT2D eigenvalue weighted by Crippen LogP contribution is -2.47. The standard InChI is InChI=1S/C22H29FN2O2/c1-14(20-13-15-2-3-18(20)12-15)24-21(26)16-8-10-25(11-9-16)22(27)17-4-6-19(23)7-5-17/h4-7,14-16,18,20H,2-3,8-13H2,1H3,(H,24,26)/t14-,15+,18+,20-/m1/s1. The van der Waals surface area contributed by atoms with E-state index < -0.39 is 0 Å². The molecule has 0 aromatic heterocycles. The third-order valence-electron chi connectivity index (χ3n) is 7.05. The molecule has 2 amide bonds. The van der Waals surface area contributed by atoms with Crippen molar-refractivity contribution in [2.75, 3.05) is 13.1 Å². The number of nitrogens with one attached hydrogen (secondary N) is 1. The van der Waals surface area contributed by atoms with Crippen LogP contribution in [-0.2, 0) is 4.79 Å². The van der Waals surface area contributed by atoms with E-state index in [9.17, 15) is 14.0 Å². The molecule has 0 radical (unpaired) electrons. The number of nitrogens with zero attached hydrogens (tertiary/aromatic N) is 1. The molecule has 0 spiro atoms. The molecule has 2 bridgehead atoms. The van der Waals surface area contributed by atoms with E-state index in [0.717, 1.165) is 11.8 Å². The van der Waals surface area contributed by atoms with E-state index in [-0.39, 0.29) is 29.6 Å². The van der Waals surface area contributed by atoms with Crippen LogP contribution in [0, 0.1) is 29.5 Å². The van der Waals surface area contributed by atoms with E-state index in [1.165, 1.54) is 49.9 Å². The van der Waals surface area contributed by atoms with Crippen molar-refractivity contribution < 1.29 is 14.0 Å². The molecule has 4 nitrogen and oxygen atoms in total. The molecule has 1 N–H and O–H groups in total. The van der Waals surface area contributed by atoms with Gasteiger partial charge in [0.2, 0.25) is 5.91 Å².